The Morgan fingerprint density at radius 2 is 1.77 bits per heavy atom. The number of methoxy groups -OCH3 is 1. The average Bonchev–Trinajstić information content (AvgIpc) is 3.51. The molecule has 1 fully saturated rings. The lowest BCUT2D eigenvalue weighted by atomic mass is 10.1. The quantitative estimate of drug-likeness (QED) is 0.372. The van der Waals surface area contributed by atoms with E-state index in [0.29, 0.717) is 12.4 Å². The van der Waals surface area contributed by atoms with Crippen LogP contribution < -0.4 is 9.64 Å². The van der Waals surface area contributed by atoms with E-state index in [2.05, 4.69) is 26.8 Å². The van der Waals surface area contributed by atoms with Crippen molar-refractivity contribution in [1.82, 2.24) is 19.5 Å². The molecule has 0 atom stereocenters. The molecular formula is C28H21N5O2. The maximum atomic E-state index is 12.2. The van der Waals surface area contributed by atoms with Crippen LogP contribution >= 0.6 is 0 Å². The molecule has 7 nitrogen and oxygen atoms in total. The van der Waals surface area contributed by atoms with Crippen molar-refractivity contribution in [3.8, 4) is 23.5 Å². The zero-order valence-electron chi connectivity index (χ0n) is 19.1. The van der Waals surface area contributed by atoms with Crippen molar-refractivity contribution >= 4 is 33.5 Å². The van der Waals surface area contributed by atoms with Crippen LogP contribution in [0.25, 0.3) is 27.6 Å². The van der Waals surface area contributed by atoms with Crippen LogP contribution in [-0.2, 0) is 4.79 Å². The molecule has 6 rings (SSSR count). The monoisotopic (exact) mass is 459 g/mol. The van der Waals surface area contributed by atoms with Gasteiger partial charge in [-0.15, -0.1) is 0 Å². The Morgan fingerprint density at radius 1 is 0.943 bits per heavy atom. The van der Waals surface area contributed by atoms with Gasteiger partial charge in [0, 0.05) is 47.6 Å². The molecule has 0 spiro atoms. The van der Waals surface area contributed by atoms with Gasteiger partial charge < -0.3 is 9.64 Å². The number of carbonyl (C=O) groups excluding carboxylic acids is 1. The fourth-order valence-corrected chi connectivity index (χ4v) is 4.47. The molecule has 0 saturated carbocycles. The maximum absolute atomic E-state index is 12.2. The molecule has 0 aliphatic carbocycles. The van der Waals surface area contributed by atoms with Crippen molar-refractivity contribution in [2.45, 2.75) is 12.8 Å². The first-order valence-corrected chi connectivity index (χ1v) is 11.4. The van der Waals surface area contributed by atoms with Crippen LogP contribution in [0.1, 0.15) is 24.0 Å². The highest BCUT2D eigenvalue weighted by molar-refractivity contribution is 6.04. The molecule has 5 aromatic rings. The number of imidazole rings is 1. The molecule has 170 valence electrons. The van der Waals surface area contributed by atoms with Crippen molar-refractivity contribution in [3.63, 3.8) is 0 Å². The third kappa shape index (κ3) is 3.75. The standard InChI is InChI=1S/C28H21N5O2/c1-35-28-31-25-18-30-24-13-8-19(6-7-20-4-2-14-29-17-20)16-23(24)27(25)33(28)22-11-9-21(10-12-22)32-15-3-5-26(32)34/h2,4,8-14,16-18H,3,5,15H2,1H3. The van der Waals surface area contributed by atoms with Crippen LogP contribution in [0.15, 0.2) is 73.2 Å². The molecule has 7 heteroatoms. The molecule has 4 heterocycles. The Balaban J connectivity index is 1.49. The molecule has 1 saturated heterocycles. The number of fused-ring (bicyclic) bond motifs is 3. The van der Waals surface area contributed by atoms with E-state index in [0.717, 1.165) is 57.4 Å². The minimum Gasteiger partial charge on any atom is -0.468 e. The summed E-state index contributed by atoms with van der Waals surface area (Å²) in [6, 6.07) is 18.1. The van der Waals surface area contributed by atoms with Gasteiger partial charge in [-0.25, -0.2) is 0 Å². The first-order chi connectivity index (χ1) is 17.2. The summed E-state index contributed by atoms with van der Waals surface area (Å²) in [5.74, 6) is 6.55. The number of hydrogen-bond acceptors (Lipinski definition) is 5. The smallest absolute Gasteiger partial charge is 0.301 e. The van der Waals surface area contributed by atoms with Gasteiger partial charge in [0.25, 0.3) is 0 Å². The van der Waals surface area contributed by atoms with E-state index >= 15 is 0 Å². The molecule has 35 heavy (non-hydrogen) atoms. The molecule has 1 amide bonds. The second kappa shape index (κ2) is 8.58. The molecule has 2 aromatic carbocycles. The minimum absolute atomic E-state index is 0.167. The highest BCUT2D eigenvalue weighted by Gasteiger charge is 2.22. The Labute approximate surface area is 202 Å². The zero-order chi connectivity index (χ0) is 23.8. The first-order valence-electron chi connectivity index (χ1n) is 11.4. The van der Waals surface area contributed by atoms with Crippen molar-refractivity contribution in [1.29, 1.82) is 0 Å². The Morgan fingerprint density at radius 3 is 2.51 bits per heavy atom. The summed E-state index contributed by atoms with van der Waals surface area (Å²) in [6.07, 6.45) is 6.73. The predicted molar refractivity (Wildman–Crippen MR) is 135 cm³/mol. The second-order valence-corrected chi connectivity index (χ2v) is 8.31. The maximum Gasteiger partial charge on any atom is 0.301 e. The largest absolute Gasteiger partial charge is 0.468 e. The van der Waals surface area contributed by atoms with E-state index in [-0.39, 0.29) is 5.91 Å². The summed E-state index contributed by atoms with van der Waals surface area (Å²) >= 11 is 0. The van der Waals surface area contributed by atoms with Gasteiger partial charge in [0.15, 0.2) is 0 Å². The second-order valence-electron chi connectivity index (χ2n) is 8.31. The number of ether oxygens (including phenoxy) is 1. The van der Waals surface area contributed by atoms with Gasteiger partial charge in [-0.2, -0.15) is 4.98 Å². The summed E-state index contributed by atoms with van der Waals surface area (Å²) in [5, 5.41) is 0.926. The van der Waals surface area contributed by atoms with Crippen LogP contribution in [0, 0.1) is 11.8 Å². The normalized spacial score (nSPS) is 13.3. The molecule has 0 N–H and O–H groups in total. The zero-order valence-corrected chi connectivity index (χ0v) is 19.1. The third-order valence-electron chi connectivity index (χ3n) is 6.14. The topological polar surface area (TPSA) is 73.1 Å². The molecule has 0 radical (unpaired) electrons. The number of benzene rings is 2. The van der Waals surface area contributed by atoms with Crippen LogP contribution in [0.4, 0.5) is 5.69 Å². The first kappa shape index (κ1) is 20.9. The van der Waals surface area contributed by atoms with Crippen molar-refractivity contribution in [2.24, 2.45) is 0 Å². The summed E-state index contributed by atoms with van der Waals surface area (Å²) in [5.41, 5.74) is 5.97. The molecule has 0 bridgehead atoms. The van der Waals surface area contributed by atoms with Gasteiger partial charge in [-0.3, -0.25) is 19.3 Å². The fraction of sp³-hybridized carbons (Fsp3) is 0.143. The Bertz CT molecular complexity index is 1630. The third-order valence-corrected chi connectivity index (χ3v) is 6.14. The number of hydrogen-bond donors (Lipinski definition) is 0. The highest BCUT2D eigenvalue weighted by Crippen LogP contribution is 2.32. The van der Waals surface area contributed by atoms with Crippen LogP contribution in [0.5, 0.6) is 6.01 Å². The number of amides is 1. The molecule has 1 aliphatic heterocycles. The van der Waals surface area contributed by atoms with E-state index < -0.39 is 0 Å². The Kier molecular flexibility index (Phi) is 5.12. The fourth-order valence-electron chi connectivity index (χ4n) is 4.47. The van der Waals surface area contributed by atoms with Gasteiger partial charge in [-0.05, 0) is 61.0 Å². The van der Waals surface area contributed by atoms with Gasteiger partial charge in [0.1, 0.15) is 5.52 Å². The predicted octanol–water partition coefficient (Wildman–Crippen LogP) is 4.50. The van der Waals surface area contributed by atoms with Crippen LogP contribution in [0.2, 0.25) is 0 Å². The average molecular weight is 460 g/mol. The van der Waals surface area contributed by atoms with Crippen molar-refractivity contribution in [3.05, 3.63) is 84.3 Å². The summed E-state index contributed by atoms with van der Waals surface area (Å²) in [4.78, 5) is 27.4. The van der Waals surface area contributed by atoms with Gasteiger partial charge in [-0.1, -0.05) is 11.8 Å². The number of aromatic nitrogens is 4. The van der Waals surface area contributed by atoms with Gasteiger partial charge in [0.05, 0.1) is 30.0 Å². The molecule has 0 unspecified atom stereocenters. The summed E-state index contributed by atoms with van der Waals surface area (Å²) in [6.45, 7) is 0.759. The number of nitrogens with zero attached hydrogens (tertiary/aromatic N) is 5. The summed E-state index contributed by atoms with van der Waals surface area (Å²) in [7, 11) is 1.61. The van der Waals surface area contributed by atoms with E-state index in [1.165, 1.54) is 0 Å². The van der Waals surface area contributed by atoms with Crippen molar-refractivity contribution < 1.29 is 9.53 Å². The number of carbonyl (C=O) groups is 1. The summed E-state index contributed by atoms with van der Waals surface area (Å²) < 4.78 is 7.62. The highest BCUT2D eigenvalue weighted by atomic mass is 16.5. The Hall–Kier alpha value is -4.70. The molecular weight excluding hydrogens is 438 g/mol. The van der Waals surface area contributed by atoms with Crippen LogP contribution in [-0.4, -0.2) is 39.1 Å². The van der Waals surface area contributed by atoms with E-state index in [1.807, 2.05) is 64.1 Å². The number of pyridine rings is 2. The van der Waals surface area contributed by atoms with E-state index in [1.54, 1.807) is 25.7 Å². The van der Waals surface area contributed by atoms with E-state index in [4.69, 9.17) is 4.74 Å². The lowest BCUT2D eigenvalue weighted by Crippen LogP contribution is -2.23. The van der Waals surface area contributed by atoms with Crippen molar-refractivity contribution in [2.75, 3.05) is 18.6 Å². The molecule has 1 aliphatic rings. The van der Waals surface area contributed by atoms with Crippen LogP contribution in [0.3, 0.4) is 0 Å². The lowest BCUT2D eigenvalue weighted by Gasteiger charge is -2.16. The minimum atomic E-state index is 0.167. The molecule has 3 aromatic heterocycles. The number of anilines is 1. The van der Waals surface area contributed by atoms with Gasteiger partial charge >= 0.3 is 6.01 Å². The SMILES string of the molecule is COc1nc2cnc3ccc(C#Cc4cccnc4)cc3c2n1-c1ccc(N2CCCC2=O)cc1. The number of rotatable bonds is 3. The van der Waals surface area contributed by atoms with Gasteiger partial charge in [0.2, 0.25) is 5.91 Å². The lowest BCUT2D eigenvalue weighted by molar-refractivity contribution is -0.117. The van der Waals surface area contributed by atoms with E-state index in [9.17, 15) is 4.79 Å².